The first-order valence-electron chi connectivity index (χ1n) is 7.41. The molecule has 2 aromatic rings. The number of aliphatic carboxylic acids is 1. The molecule has 1 unspecified atom stereocenters. The maximum Gasteiger partial charge on any atom is 0.307 e. The molecular formula is C18H15NO5. The zero-order valence-electron chi connectivity index (χ0n) is 12.7. The molecule has 0 fully saturated rings. The van der Waals surface area contributed by atoms with Gasteiger partial charge < -0.3 is 10.2 Å². The summed E-state index contributed by atoms with van der Waals surface area (Å²) in [5.41, 5.74) is 1.80. The molecule has 0 saturated heterocycles. The molecule has 0 saturated carbocycles. The molecule has 0 radical (unpaired) electrons. The number of β-amino-alcohol motifs (C(OH)–C–C–N with tert-alkyl or cyclic N) is 1. The Labute approximate surface area is 138 Å². The Kier molecular flexibility index (Phi) is 4.14. The second kappa shape index (κ2) is 6.25. The van der Waals surface area contributed by atoms with Crippen LogP contribution in [0, 0.1) is 0 Å². The van der Waals surface area contributed by atoms with Crippen LogP contribution in [0.2, 0.25) is 0 Å². The minimum Gasteiger partial charge on any atom is -0.481 e. The number of carboxylic acid groups (broad SMARTS) is 1. The molecule has 0 bridgehead atoms. The largest absolute Gasteiger partial charge is 0.481 e. The van der Waals surface area contributed by atoms with Crippen molar-refractivity contribution >= 4 is 17.8 Å². The van der Waals surface area contributed by atoms with Crippen LogP contribution in [-0.2, 0) is 11.2 Å². The van der Waals surface area contributed by atoms with Crippen molar-refractivity contribution in [3.05, 3.63) is 70.8 Å². The summed E-state index contributed by atoms with van der Waals surface area (Å²) in [5.74, 6) is -1.77. The van der Waals surface area contributed by atoms with E-state index in [1.54, 1.807) is 48.5 Å². The highest BCUT2D eigenvalue weighted by Gasteiger charge is 2.36. The number of aliphatic hydroxyl groups is 1. The Bertz CT molecular complexity index is 777. The number of hydrogen-bond acceptors (Lipinski definition) is 4. The number of imide groups is 1. The molecule has 24 heavy (non-hydrogen) atoms. The maximum atomic E-state index is 12.3. The van der Waals surface area contributed by atoms with E-state index in [9.17, 15) is 19.5 Å². The Morgan fingerprint density at radius 3 is 2.00 bits per heavy atom. The van der Waals surface area contributed by atoms with Gasteiger partial charge in [-0.15, -0.1) is 0 Å². The lowest BCUT2D eigenvalue weighted by Gasteiger charge is -2.19. The number of carboxylic acids is 1. The van der Waals surface area contributed by atoms with E-state index in [1.807, 2.05) is 0 Å². The lowest BCUT2D eigenvalue weighted by molar-refractivity contribution is -0.136. The molecule has 3 rings (SSSR count). The number of amides is 2. The Morgan fingerprint density at radius 1 is 0.958 bits per heavy atom. The monoisotopic (exact) mass is 325 g/mol. The average molecular weight is 325 g/mol. The normalized spacial score (nSPS) is 14.6. The number of carbonyl (C=O) groups excluding carboxylic acids is 2. The predicted octanol–water partition coefficient (Wildman–Crippen LogP) is 1.64. The van der Waals surface area contributed by atoms with Crippen molar-refractivity contribution in [3.63, 3.8) is 0 Å². The minimum atomic E-state index is -1.04. The van der Waals surface area contributed by atoms with E-state index < -0.39 is 23.9 Å². The van der Waals surface area contributed by atoms with Crippen LogP contribution < -0.4 is 0 Å². The van der Waals surface area contributed by atoms with E-state index in [-0.39, 0.29) is 13.0 Å². The van der Waals surface area contributed by atoms with Crippen LogP contribution in [0.4, 0.5) is 0 Å². The molecule has 2 aromatic carbocycles. The Morgan fingerprint density at radius 2 is 1.50 bits per heavy atom. The van der Waals surface area contributed by atoms with Crippen LogP contribution in [0.15, 0.2) is 48.5 Å². The fourth-order valence-electron chi connectivity index (χ4n) is 2.72. The van der Waals surface area contributed by atoms with Gasteiger partial charge >= 0.3 is 5.97 Å². The lowest BCUT2D eigenvalue weighted by atomic mass is 10.0. The van der Waals surface area contributed by atoms with Crippen molar-refractivity contribution < 1.29 is 24.6 Å². The van der Waals surface area contributed by atoms with Crippen LogP contribution in [0.1, 0.15) is 37.9 Å². The summed E-state index contributed by atoms with van der Waals surface area (Å²) < 4.78 is 0. The molecule has 6 nitrogen and oxygen atoms in total. The van der Waals surface area contributed by atoms with E-state index >= 15 is 0 Å². The fourth-order valence-corrected chi connectivity index (χ4v) is 2.72. The van der Waals surface area contributed by atoms with Gasteiger partial charge in [0.05, 0.1) is 30.2 Å². The SMILES string of the molecule is O=C(O)Cc1ccc(C(O)CN2C(=O)c3ccccc3C2=O)cc1. The molecular weight excluding hydrogens is 310 g/mol. The summed E-state index contributed by atoms with van der Waals surface area (Å²) in [6.45, 7) is -0.148. The summed E-state index contributed by atoms with van der Waals surface area (Å²) >= 11 is 0. The van der Waals surface area contributed by atoms with Crippen molar-refractivity contribution in [3.8, 4) is 0 Å². The smallest absolute Gasteiger partial charge is 0.307 e. The fraction of sp³-hybridized carbons (Fsp3) is 0.167. The van der Waals surface area contributed by atoms with Gasteiger partial charge in [0.2, 0.25) is 0 Å². The first kappa shape index (κ1) is 15.9. The van der Waals surface area contributed by atoms with Crippen LogP contribution >= 0.6 is 0 Å². The number of nitrogens with zero attached hydrogens (tertiary/aromatic N) is 1. The van der Waals surface area contributed by atoms with Crippen molar-refractivity contribution in [2.75, 3.05) is 6.54 Å². The number of hydrogen-bond donors (Lipinski definition) is 2. The Balaban J connectivity index is 1.74. The standard InChI is InChI=1S/C18H15NO5/c20-15(12-7-5-11(6-8-12)9-16(21)22)10-19-17(23)13-3-1-2-4-14(13)18(19)24/h1-8,15,20H,9-10H2,(H,21,22). The van der Waals surface area contributed by atoms with Gasteiger partial charge in [-0.1, -0.05) is 36.4 Å². The second-order valence-electron chi connectivity index (χ2n) is 5.59. The van der Waals surface area contributed by atoms with Gasteiger partial charge in [0.15, 0.2) is 0 Å². The lowest BCUT2D eigenvalue weighted by Crippen LogP contribution is -2.33. The molecule has 1 heterocycles. The molecule has 2 N–H and O–H groups in total. The van der Waals surface area contributed by atoms with Crippen LogP contribution in [0.5, 0.6) is 0 Å². The van der Waals surface area contributed by atoms with Crippen molar-refractivity contribution in [1.82, 2.24) is 4.90 Å². The highest BCUT2D eigenvalue weighted by molar-refractivity contribution is 6.21. The third-order valence-corrected chi connectivity index (χ3v) is 3.95. The summed E-state index contributed by atoms with van der Waals surface area (Å²) in [6, 6.07) is 13.0. The van der Waals surface area contributed by atoms with E-state index in [4.69, 9.17) is 5.11 Å². The number of rotatable bonds is 5. The molecule has 0 aromatic heterocycles. The number of benzene rings is 2. The molecule has 122 valence electrons. The predicted molar refractivity (Wildman–Crippen MR) is 84.6 cm³/mol. The molecule has 1 aliphatic rings. The number of aliphatic hydroxyl groups excluding tert-OH is 1. The topological polar surface area (TPSA) is 94.9 Å². The maximum absolute atomic E-state index is 12.3. The van der Waals surface area contributed by atoms with Crippen molar-refractivity contribution in [2.24, 2.45) is 0 Å². The van der Waals surface area contributed by atoms with Gasteiger partial charge in [0.25, 0.3) is 11.8 Å². The zero-order chi connectivity index (χ0) is 17.3. The molecule has 1 atom stereocenters. The van der Waals surface area contributed by atoms with Gasteiger partial charge in [-0.05, 0) is 23.3 Å². The summed E-state index contributed by atoms with van der Waals surface area (Å²) in [7, 11) is 0. The average Bonchev–Trinajstić information content (AvgIpc) is 2.80. The molecule has 0 aliphatic carbocycles. The molecule has 2 amide bonds. The first-order valence-corrected chi connectivity index (χ1v) is 7.41. The zero-order valence-corrected chi connectivity index (χ0v) is 12.7. The van der Waals surface area contributed by atoms with E-state index in [0.717, 1.165) is 4.90 Å². The Hall–Kier alpha value is -2.99. The highest BCUT2D eigenvalue weighted by Crippen LogP contribution is 2.25. The van der Waals surface area contributed by atoms with Crippen molar-refractivity contribution in [1.29, 1.82) is 0 Å². The number of fused-ring (bicyclic) bond motifs is 1. The highest BCUT2D eigenvalue weighted by atomic mass is 16.4. The van der Waals surface area contributed by atoms with Gasteiger partial charge in [-0.25, -0.2) is 0 Å². The van der Waals surface area contributed by atoms with E-state index in [0.29, 0.717) is 22.3 Å². The second-order valence-corrected chi connectivity index (χ2v) is 5.59. The van der Waals surface area contributed by atoms with Crippen LogP contribution in [0.25, 0.3) is 0 Å². The quantitative estimate of drug-likeness (QED) is 0.815. The van der Waals surface area contributed by atoms with Gasteiger partial charge in [-0.3, -0.25) is 19.3 Å². The molecule has 1 aliphatic heterocycles. The van der Waals surface area contributed by atoms with Crippen LogP contribution in [-0.4, -0.2) is 39.4 Å². The van der Waals surface area contributed by atoms with E-state index in [1.165, 1.54) is 0 Å². The minimum absolute atomic E-state index is 0.102. The molecule has 0 spiro atoms. The molecule has 6 heteroatoms. The number of carbonyl (C=O) groups is 3. The van der Waals surface area contributed by atoms with Crippen LogP contribution in [0.3, 0.4) is 0 Å². The third-order valence-electron chi connectivity index (χ3n) is 3.95. The summed E-state index contributed by atoms with van der Waals surface area (Å²) in [4.78, 5) is 36.3. The summed E-state index contributed by atoms with van der Waals surface area (Å²) in [6.07, 6.45) is -1.14. The van der Waals surface area contributed by atoms with Gasteiger partial charge in [0.1, 0.15) is 0 Å². The third kappa shape index (κ3) is 2.91. The van der Waals surface area contributed by atoms with Gasteiger partial charge in [-0.2, -0.15) is 0 Å². The van der Waals surface area contributed by atoms with Gasteiger partial charge in [0, 0.05) is 0 Å². The van der Waals surface area contributed by atoms with E-state index in [2.05, 4.69) is 0 Å². The summed E-state index contributed by atoms with van der Waals surface area (Å²) in [5, 5.41) is 19.1. The first-order chi connectivity index (χ1) is 11.5. The van der Waals surface area contributed by atoms with Crippen molar-refractivity contribution in [2.45, 2.75) is 12.5 Å².